The van der Waals surface area contributed by atoms with Crippen LogP contribution in [0.25, 0.3) is 0 Å². The van der Waals surface area contributed by atoms with E-state index in [4.69, 9.17) is 18.0 Å². The highest BCUT2D eigenvalue weighted by molar-refractivity contribution is 7.80. The van der Waals surface area contributed by atoms with Crippen LogP contribution in [-0.4, -0.2) is 31.0 Å². The molecule has 0 aromatic heterocycles. The lowest BCUT2D eigenvalue weighted by atomic mass is 9.95. The third-order valence-electron chi connectivity index (χ3n) is 3.42. The number of benzene rings is 1. The van der Waals surface area contributed by atoms with Gasteiger partial charge in [0.15, 0.2) is 0 Å². The highest BCUT2D eigenvalue weighted by Crippen LogP contribution is 2.12. The van der Waals surface area contributed by atoms with Crippen molar-refractivity contribution in [2.24, 2.45) is 17.6 Å². The summed E-state index contributed by atoms with van der Waals surface area (Å²) >= 11 is 4.96. The van der Waals surface area contributed by atoms with E-state index >= 15 is 0 Å². The molecule has 21 heavy (non-hydrogen) atoms. The maximum Gasteiger partial charge on any atom is 0.230 e. The minimum atomic E-state index is -0.383. The smallest absolute Gasteiger partial charge is 0.230 e. The normalized spacial score (nSPS) is 12.0. The molecule has 1 aromatic carbocycles. The minimum absolute atomic E-state index is 0.0696. The first-order valence-electron chi connectivity index (χ1n) is 7.26. The molecular weight excluding hydrogens is 282 g/mol. The van der Waals surface area contributed by atoms with Crippen molar-refractivity contribution in [1.82, 2.24) is 5.32 Å². The van der Waals surface area contributed by atoms with Gasteiger partial charge in [0.2, 0.25) is 5.91 Å². The van der Waals surface area contributed by atoms with Gasteiger partial charge in [-0.05, 0) is 24.5 Å². The van der Waals surface area contributed by atoms with Gasteiger partial charge in [-0.3, -0.25) is 4.79 Å². The van der Waals surface area contributed by atoms with E-state index in [-0.39, 0.29) is 22.7 Å². The van der Waals surface area contributed by atoms with E-state index in [2.05, 4.69) is 22.3 Å². The summed E-state index contributed by atoms with van der Waals surface area (Å²) < 4.78 is 0. The summed E-state index contributed by atoms with van der Waals surface area (Å²) in [7, 11) is 2.04. The molecule has 116 valence electrons. The van der Waals surface area contributed by atoms with Crippen molar-refractivity contribution in [3.8, 4) is 0 Å². The number of nitrogens with two attached hydrogens (primary N) is 1. The first kappa shape index (κ1) is 17.4. The fraction of sp³-hybridized carbons (Fsp3) is 0.500. The van der Waals surface area contributed by atoms with Gasteiger partial charge < -0.3 is 16.0 Å². The zero-order chi connectivity index (χ0) is 15.8. The summed E-state index contributed by atoms with van der Waals surface area (Å²) in [5, 5.41) is 2.92. The van der Waals surface area contributed by atoms with Crippen LogP contribution in [0.1, 0.15) is 20.3 Å². The Bertz CT molecular complexity index is 462. The van der Waals surface area contributed by atoms with E-state index in [1.165, 1.54) is 5.69 Å². The molecule has 0 radical (unpaired) electrons. The van der Waals surface area contributed by atoms with Gasteiger partial charge in [-0.2, -0.15) is 0 Å². The van der Waals surface area contributed by atoms with Crippen molar-refractivity contribution in [3.05, 3.63) is 30.3 Å². The number of amides is 1. The fourth-order valence-corrected chi connectivity index (χ4v) is 2.59. The van der Waals surface area contributed by atoms with Crippen LogP contribution in [0.3, 0.4) is 0 Å². The van der Waals surface area contributed by atoms with E-state index in [0.717, 1.165) is 13.0 Å². The van der Waals surface area contributed by atoms with E-state index in [0.29, 0.717) is 6.54 Å². The predicted octanol–water partition coefficient (Wildman–Crippen LogP) is 2.19. The first-order valence-corrected chi connectivity index (χ1v) is 7.67. The molecule has 3 N–H and O–H groups in total. The molecule has 0 aliphatic rings. The van der Waals surface area contributed by atoms with Crippen LogP contribution in [0, 0.1) is 11.8 Å². The maximum atomic E-state index is 12.0. The summed E-state index contributed by atoms with van der Waals surface area (Å²) in [4.78, 5) is 14.5. The number of para-hydroxylation sites is 1. The summed E-state index contributed by atoms with van der Waals surface area (Å²) in [6.45, 7) is 5.41. The van der Waals surface area contributed by atoms with Crippen LogP contribution >= 0.6 is 12.2 Å². The van der Waals surface area contributed by atoms with E-state index in [9.17, 15) is 4.79 Å². The van der Waals surface area contributed by atoms with Gasteiger partial charge >= 0.3 is 0 Å². The van der Waals surface area contributed by atoms with Crippen LogP contribution in [-0.2, 0) is 4.79 Å². The average molecular weight is 307 g/mol. The van der Waals surface area contributed by atoms with Crippen molar-refractivity contribution in [2.45, 2.75) is 20.3 Å². The molecule has 1 rings (SSSR count). The number of hydrogen-bond acceptors (Lipinski definition) is 3. The summed E-state index contributed by atoms with van der Waals surface area (Å²) in [5.41, 5.74) is 6.80. The standard InChI is InChI=1S/C16H25N3OS/c1-12(2)14(15(17)21)16(20)18-10-7-11-19(3)13-8-5-4-6-9-13/h4-6,8-9,12,14H,7,10-11H2,1-3H3,(H2,17,21)(H,18,20). The molecule has 1 atom stereocenters. The van der Waals surface area contributed by atoms with Crippen molar-refractivity contribution in [1.29, 1.82) is 0 Å². The van der Waals surface area contributed by atoms with Gasteiger partial charge in [-0.25, -0.2) is 0 Å². The van der Waals surface area contributed by atoms with Gasteiger partial charge in [-0.15, -0.1) is 0 Å². The number of hydrogen-bond donors (Lipinski definition) is 2. The lowest BCUT2D eigenvalue weighted by Gasteiger charge is -2.21. The van der Waals surface area contributed by atoms with Crippen LogP contribution < -0.4 is 16.0 Å². The number of anilines is 1. The zero-order valence-electron chi connectivity index (χ0n) is 13.0. The van der Waals surface area contributed by atoms with Crippen molar-refractivity contribution >= 4 is 28.8 Å². The van der Waals surface area contributed by atoms with Crippen molar-refractivity contribution in [2.75, 3.05) is 25.0 Å². The molecule has 0 heterocycles. The van der Waals surface area contributed by atoms with Gasteiger partial charge in [-0.1, -0.05) is 44.3 Å². The van der Waals surface area contributed by atoms with Crippen LogP contribution in [0.2, 0.25) is 0 Å². The third kappa shape index (κ3) is 5.71. The van der Waals surface area contributed by atoms with E-state index in [1.54, 1.807) is 0 Å². The molecule has 0 aliphatic carbocycles. The second-order valence-corrected chi connectivity index (χ2v) is 6.00. The third-order valence-corrected chi connectivity index (χ3v) is 3.68. The van der Waals surface area contributed by atoms with E-state index in [1.807, 2.05) is 39.1 Å². The SMILES string of the molecule is CC(C)C(C(=O)NCCCN(C)c1ccccc1)C(N)=S. The Kier molecular flexibility index (Phi) is 7.15. The van der Waals surface area contributed by atoms with Crippen LogP contribution in [0.15, 0.2) is 30.3 Å². The molecule has 0 saturated carbocycles. The van der Waals surface area contributed by atoms with Gasteiger partial charge in [0.1, 0.15) is 0 Å². The highest BCUT2D eigenvalue weighted by atomic mass is 32.1. The second kappa shape index (κ2) is 8.62. The van der Waals surface area contributed by atoms with Crippen molar-refractivity contribution < 1.29 is 4.79 Å². The summed E-state index contributed by atoms with van der Waals surface area (Å²) in [5.74, 6) is -0.332. The fourth-order valence-electron chi connectivity index (χ4n) is 2.21. The second-order valence-electron chi connectivity index (χ2n) is 5.53. The van der Waals surface area contributed by atoms with Gasteiger partial charge in [0.05, 0.1) is 10.9 Å². The minimum Gasteiger partial charge on any atom is -0.393 e. The first-order chi connectivity index (χ1) is 9.93. The molecule has 0 aliphatic heterocycles. The Morgan fingerprint density at radius 2 is 1.95 bits per heavy atom. The number of rotatable bonds is 8. The molecule has 1 amide bonds. The Hall–Kier alpha value is -1.62. The monoisotopic (exact) mass is 307 g/mol. The molecular formula is C16H25N3OS. The lowest BCUT2D eigenvalue weighted by molar-refractivity contribution is -0.123. The molecule has 4 nitrogen and oxygen atoms in total. The van der Waals surface area contributed by atoms with Crippen LogP contribution in [0.4, 0.5) is 5.69 Å². The quantitative estimate of drug-likeness (QED) is 0.571. The molecule has 1 unspecified atom stereocenters. The average Bonchev–Trinajstić information content (AvgIpc) is 2.43. The summed E-state index contributed by atoms with van der Waals surface area (Å²) in [6.07, 6.45) is 0.874. The number of carbonyl (C=O) groups is 1. The summed E-state index contributed by atoms with van der Waals surface area (Å²) in [6, 6.07) is 10.2. The molecule has 0 fully saturated rings. The van der Waals surface area contributed by atoms with Crippen LogP contribution in [0.5, 0.6) is 0 Å². The molecule has 1 aromatic rings. The zero-order valence-corrected chi connectivity index (χ0v) is 13.8. The topological polar surface area (TPSA) is 58.4 Å². The predicted molar refractivity (Wildman–Crippen MR) is 92.5 cm³/mol. The Balaban J connectivity index is 2.34. The molecule has 0 saturated heterocycles. The lowest BCUT2D eigenvalue weighted by Crippen LogP contribution is -2.41. The van der Waals surface area contributed by atoms with Crippen molar-refractivity contribution in [3.63, 3.8) is 0 Å². The van der Waals surface area contributed by atoms with Gasteiger partial charge in [0.25, 0.3) is 0 Å². The molecule has 0 bridgehead atoms. The molecule has 0 spiro atoms. The molecule has 5 heteroatoms. The number of thiocarbonyl (C=S) groups is 1. The highest BCUT2D eigenvalue weighted by Gasteiger charge is 2.24. The Morgan fingerprint density at radius 1 is 1.33 bits per heavy atom. The number of carbonyl (C=O) groups excluding carboxylic acids is 1. The maximum absolute atomic E-state index is 12.0. The number of nitrogens with one attached hydrogen (secondary N) is 1. The Labute approximate surface area is 132 Å². The van der Waals surface area contributed by atoms with Gasteiger partial charge in [0, 0.05) is 25.8 Å². The largest absolute Gasteiger partial charge is 0.393 e. The Morgan fingerprint density at radius 3 is 2.48 bits per heavy atom. The number of nitrogens with zero attached hydrogens (tertiary/aromatic N) is 1. The van der Waals surface area contributed by atoms with E-state index < -0.39 is 0 Å².